The predicted octanol–water partition coefficient (Wildman–Crippen LogP) is 17.9. The van der Waals surface area contributed by atoms with Gasteiger partial charge in [-0.1, -0.05) is 221 Å². The van der Waals surface area contributed by atoms with Crippen molar-refractivity contribution in [3.05, 3.63) is 153 Å². The molecule has 0 heterocycles. The van der Waals surface area contributed by atoms with Crippen LogP contribution in [-0.4, -0.2) is 0 Å². The molecule has 0 amide bonds. The zero-order valence-corrected chi connectivity index (χ0v) is 34.4. The first kappa shape index (κ1) is 40.2. The van der Waals surface area contributed by atoms with Gasteiger partial charge in [0.2, 0.25) is 0 Å². The van der Waals surface area contributed by atoms with E-state index in [1.165, 1.54) is 76.2 Å². The number of rotatable bonds is 18. The maximum atomic E-state index is 7.10. The number of hydrogen-bond donors (Lipinski definition) is 0. The Labute approximate surface area is 343 Å². The second-order valence-corrected chi connectivity index (χ2v) is 16.0. The van der Waals surface area contributed by atoms with Crippen molar-refractivity contribution >= 4 is 46.4 Å². The van der Waals surface area contributed by atoms with Gasteiger partial charge in [-0.2, -0.15) is 0 Å². The normalized spacial score (nSPS) is 11.3. The first-order valence-corrected chi connectivity index (χ1v) is 21.3. The fourth-order valence-electron chi connectivity index (χ4n) is 7.54. The Morgan fingerprint density at radius 1 is 0.352 bits per heavy atom. The minimum absolute atomic E-state index is 0.525. The number of unbranched alkanes of at least 4 members (excludes halogenated alkanes) is 11. The van der Waals surface area contributed by atoms with E-state index in [2.05, 4.69) is 110 Å². The summed E-state index contributed by atoms with van der Waals surface area (Å²) >= 11 is 27.7. The van der Waals surface area contributed by atoms with Crippen molar-refractivity contribution in [2.45, 2.75) is 90.4 Å². The van der Waals surface area contributed by atoms with Gasteiger partial charge < -0.3 is 0 Å². The van der Waals surface area contributed by atoms with Crippen LogP contribution in [0.25, 0.3) is 55.6 Å². The largest absolute Gasteiger partial charge is 0.0827 e. The van der Waals surface area contributed by atoms with E-state index in [9.17, 15) is 0 Å². The summed E-state index contributed by atoms with van der Waals surface area (Å²) in [5, 5.41) is 2.12. The third-order valence-electron chi connectivity index (χ3n) is 10.4. The average molecular weight is 793 g/mol. The summed E-state index contributed by atoms with van der Waals surface area (Å²) in [5.41, 5.74) is 11.7. The Morgan fingerprint density at radius 3 is 1.20 bits per heavy atom. The molecule has 0 N–H and O–H groups in total. The summed E-state index contributed by atoms with van der Waals surface area (Å²) in [7, 11) is 0. The molecule has 6 rings (SSSR count). The molecule has 6 aromatic rings. The second kappa shape index (κ2) is 20.4. The zero-order chi connectivity index (χ0) is 37.7. The smallest absolute Gasteiger partial charge is 0.0670 e. The van der Waals surface area contributed by atoms with Crippen LogP contribution < -0.4 is 0 Å². The molecule has 0 nitrogen and oxygen atoms in total. The van der Waals surface area contributed by atoms with Gasteiger partial charge in [0.15, 0.2) is 0 Å². The summed E-state index contributed by atoms with van der Waals surface area (Å²) < 4.78 is 0. The summed E-state index contributed by atoms with van der Waals surface area (Å²) in [4.78, 5) is 0. The molecule has 0 radical (unpaired) electrons. The summed E-state index contributed by atoms with van der Waals surface area (Å²) in [5.74, 6) is 0. The minimum Gasteiger partial charge on any atom is -0.0827 e. The first-order valence-electron chi connectivity index (χ1n) is 19.8. The van der Waals surface area contributed by atoms with Crippen LogP contribution in [0, 0.1) is 0 Å². The Morgan fingerprint density at radius 2 is 0.759 bits per heavy atom. The lowest BCUT2D eigenvalue weighted by Gasteiger charge is -2.22. The fourth-order valence-corrected chi connectivity index (χ4v) is 8.35. The van der Waals surface area contributed by atoms with Crippen molar-refractivity contribution in [1.29, 1.82) is 0 Å². The highest BCUT2D eigenvalue weighted by molar-refractivity contribution is 6.44. The van der Waals surface area contributed by atoms with Gasteiger partial charge in [0.05, 0.1) is 20.1 Å². The molecule has 4 heteroatoms. The lowest BCUT2D eigenvalue weighted by molar-refractivity contribution is 0.544. The maximum absolute atomic E-state index is 7.10. The molecule has 0 aromatic heterocycles. The highest BCUT2D eigenvalue weighted by atomic mass is 35.5. The molecule has 278 valence electrons. The van der Waals surface area contributed by atoms with Crippen LogP contribution in [0.4, 0.5) is 0 Å². The third kappa shape index (κ3) is 10.4. The van der Waals surface area contributed by atoms with Gasteiger partial charge in [0.25, 0.3) is 0 Å². The molecule has 0 aliphatic rings. The molecular formula is C50H50Cl4. The Kier molecular flexibility index (Phi) is 15.2. The monoisotopic (exact) mass is 790 g/mol. The maximum Gasteiger partial charge on any atom is 0.0670 e. The predicted molar refractivity (Wildman–Crippen MR) is 238 cm³/mol. The van der Waals surface area contributed by atoms with E-state index in [1.54, 1.807) is 0 Å². The molecule has 0 saturated carbocycles. The molecule has 0 aliphatic heterocycles. The summed E-state index contributed by atoms with van der Waals surface area (Å²) in [6, 6.07) is 44.4. The number of benzene rings is 6. The molecular weight excluding hydrogens is 742 g/mol. The number of aryl methyl sites for hydroxylation is 1. The van der Waals surface area contributed by atoms with Gasteiger partial charge >= 0.3 is 0 Å². The zero-order valence-electron chi connectivity index (χ0n) is 31.3. The van der Waals surface area contributed by atoms with Crippen LogP contribution in [0.5, 0.6) is 0 Å². The van der Waals surface area contributed by atoms with E-state index in [0.29, 0.717) is 20.1 Å². The number of hydrogen-bond acceptors (Lipinski definition) is 0. The molecule has 6 aromatic carbocycles. The second-order valence-electron chi connectivity index (χ2n) is 14.4. The Balaban J connectivity index is 1.42. The lowest BCUT2D eigenvalue weighted by Crippen LogP contribution is -1.97. The molecule has 0 aliphatic carbocycles. The Hall–Kier alpha value is -3.52. The minimum atomic E-state index is 0.525. The third-order valence-corrected chi connectivity index (χ3v) is 12.1. The Bertz CT molecular complexity index is 1970. The highest BCUT2D eigenvalue weighted by Gasteiger charge is 2.22. The van der Waals surface area contributed by atoms with E-state index in [-0.39, 0.29) is 0 Å². The van der Waals surface area contributed by atoms with Crippen molar-refractivity contribution in [2.24, 2.45) is 0 Å². The summed E-state index contributed by atoms with van der Waals surface area (Å²) in [6.07, 6.45) is 16.8. The van der Waals surface area contributed by atoms with Crippen LogP contribution >= 0.6 is 46.4 Å². The lowest BCUT2D eigenvalue weighted by atomic mass is 9.83. The van der Waals surface area contributed by atoms with Gasteiger partial charge in [-0.25, -0.2) is 0 Å². The van der Waals surface area contributed by atoms with Crippen molar-refractivity contribution in [1.82, 2.24) is 0 Å². The van der Waals surface area contributed by atoms with Gasteiger partial charge in [-0.15, -0.1) is 0 Å². The van der Waals surface area contributed by atoms with Crippen LogP contribution in [0.15, 0.2) is 127 Å². The van der Waals surface area contributed by atoms with Crippen molar-refractivity contribution in [3.8, 4) is 55.6 Å². The average Bonchev–Trinajstić information content (AvgIpc) is 3.20. The van der Waals surface area contributed by atoms with E-state index in [1.807, 2.05) is 24.3 Å². The van der Waals surface area contributed by atoms with E-state index >= 15 is 0 Å². The van der Waals surface area contributed by atoms with E-state index in [0.717, 1.165) is 68.5 Å². The van der Waals surface area contributed by atoms with Crippen LogP contribution in [0.1, 0.15) is 89.5 Å². The van der Waals surface area contributed by atoms with Crippen LogP contribution in [0.2, 0.25) is 20.1 Å². The molecule has 0 spiro atoms. The molecule has 0 unspecified atom stereocenters. The topological polar surface area (TPSA) is 0 Å². The fraction of sp³-hybridized carbons (Fsp3) is 0.280. The van der Waals surface area contributed by atoms with E-state index in [4.69, 9.17) is 46.4 Å². The van der Waals surface area contributed by atoms with Crippen LogP contribution in [0.3, 0.4) is 0 Å². The molecule has 0 fully saturated rings. The van der Waals surface area contributed by atoms with Gasteiger partial charge in [-0.3, -0.25) is 0 Å². The van der Waals surface area contributed by atoms with Crippen LogP contribution in [-0.2, 0) is 6.42 Å². The SMILES string of the molecule is CCCCCCCCCCCCCCc1cc(-c2cccc(Cl)c2Cl)c(-c2cc(-c3ccccc3)cc(-c3ccccc3)c2)c(-c2cccc(Cl)c2Cl)c1. The first-order chi connectivity index (χ1) is 26.4. The number of halogens is 4. The van der Waals surface area contributed by atoms with Gasteiger partial charge in [-0.05, 0) is 93.2 Å². The highest BCUT2D eigenvalue weighted by Crippen LogP contribution is 2.48. The molecule has 0 saturated heterocycles. The van der Waals surface area contributed by atoms with Crippen molar-refractivity contribution in [2.75, 3.05) is 0 Å². The van der Waals surface area contributed by atoms with Crippen molar-refractivity contribution in [3.63, 3.8) is 0 Å². The standard InChI is InChI=1S/C50H50Cl4/c1-2-3-4-5-6-7-8-9-10-11-12-15-22-36-31-44(42-27-20-29-46(51)49(42)53)48(45(32-36)43-28-21-30-47(52)50(43)54)41-34-39(37-23-16-13-17-24-37)33-40(35-41)38-25-18-14-19-26-38/h13-14,16-21,23-35H,2-12,15,22H2,1H3. The van der Waals surface area contributed by atoms with E-state index < -0.39 is 0 Å². The van der Waals surface area contributed by atoms with Gasteiger partial charge in [0.1, 0.15) is 0 Å². The molecule has 0 bridgehead atoms. The van der Waals surface area contributed by atoms with Crippen molar-refractivity contribution < 1.29 is 0 Å². The summed E-state index contributed by atoms with van der Waals surface area (Å²) in [6.45, 7) is 2.28. The molecule has 0 atom stereocenters. The quantitative estimate of drug-likeness (QED) is 0.0761. The molecule has 54 heavy (non-hydrogen) atoms. The van der Waals surface area contributed by atoms with Gasteiger partial charge in [0, 0.05) is 11.1 Å².